The van der Waals surface area contributed by atoms with Gasteiger partial charge in [0.05, 0.1) is 5.54 Å². The fraction of sp³-hybridized carbons (Fsp3) is 0.857. The van der Waals surface area contributed by atoms with Gasteiger partial charge in [0.1, 0.15) is 5.54 Å². The van der Waals surface area contributed by atoms with Gasteiger partial charge in [0.2, 0.25) is 5.91 Å². The molecule has 0 radical (unpaired) electrons. The van der Waals surface area contributed by atoms with E-state index >= 15 is 0 Å². The predicted molar refractivity (Wildman–Crippen MR) is 73.6 cm³/mol. The lowest BCUT2D eigenvalue weighted by molar-refractivity contribution is -0.149. The number of carboxylic acids is 1. The summed E-state index contributed by atoms with van der Waals surface area (Å²) in [6.45, 7) is 5.62. The molecule has 0 heterocycles. The monoisotopic (exact) mass is 270 g/mol. The molecule has 5 heteroatoms. The second kappa shape index (κ2) is 5.90. The number of amides is 1. The maximum absolute atomic E-state index is 12.4. The van der Waals surface area contributed by atoms with E-state index in [0.717, 1.165) is 12.8 Å². The average Bonchev–Trinajstić information content (AvgIpc) is 2.35. The quantitative estimate of drug-likeness (QED) is 0.708. The number of hydrogen-bond donors (Lipinski definition) is 3. The fourth-order valence-corrected chi connectivity index (χ4v) is 2.92. The molecule has 4 N–H and O–H groups in total. The van der Waals surface area contributed by atoms with Gasteiger partial charge in [-0.15, -0.1) is 0 Å². The highest BCUT2D eigenvalue weighted by molar-refractivity contribution is 5.92. The van der Waals surface area contributed by atoms with E-state index in [0.29, 0.717) is 31.6 Å². The number of rotatable bonds is 5. The third-order valence-electron chi connectivity index (χ3n) is 4.45. The number of nitrogens with one attached hydrogen (secondary N) is 1. The van der Waals surface area contributed by atoms with Crippen LogP contribution in [0.15, 0.2) is 0 Å². The van der Waals surface area contributed by atoms with Crippen molar-refractivity contribution in [1.82, 2.24) is 5.32 Å². The minimum atomic E-state index is -1.19. The number of carboxylic acid groups (broad SMARTS) is 1. The molecule has 1 aliphatic rings. The minimum Gasteiger partial charge on any atom is -0.480 e. The molecule has 2 unspecified atom stereocenters. The highest BCUT2D eigenvalue weighted by atomic mass is 16.4. The molecule has 0 spiro atoms. The summed E-state index contributed by atoms with van der Waals surface area (Å²) in [6, 6.07) is 0. The number of nitrogens with two attached hydrogens (primary N) is 1. The molecule has 0 saturated heterocycles. The number of carbonyl (C=O) groups is 2. The Morgan fingerprint density at radius 3 is 2.42 bits per heavy atom. The Balaban J connectivity index is 2.85. The van der Waals surface area contributed by atoms with Crippen LogP contribution in [0.1, 0.15) is 59.3 Å². The second-order valence-electron chi connectivity index (χ2n) is 5.91. The van der Waals surface area contributed by atoms with Crippen molar-refractivity contribution in [3.63, 3.8) is 0 Å². The standard InChI is InChI=1S/C14H26N2O3/c1-4-14(5-2,12(18)19)16-11(17)13(15)8-6-7-10(3)9-13/h10H,4-9,15H2,1-3H3,(H,16,17)(H,18,19). The zero-order chi connectivity index (χ0) is 14.7. The van der Waals surface area contributed by atoms with Crippen LogP contribution < -0.4 is 11.1 Å². The molecular formula is C14H26N2O3. The summed E-state index contributed by atoms with van der Waals surface area (Å²) in [5.74, 6) is -0.893. The Morgan fingerprint density at radius 1 is 1.42 bits per heavy atom. The van der Waals surface area contributed by atoms with Crippen LogP contribution in [0.25, 0.3) is 0 Å². The molecule has 0 aromatic heterocycles. The van der Waals surface area contributed by atoms with Crippen molar-refractivity contribution in [2.75, 3.05) is 0 Å². The predicted octanol–water partition coefficient (Wildman–Crippen LogP) is 1.65. The topological polar surface area (TPSA) is 92.4 Å². The lowest BCUT2D eigenvalue weighted by atomic mass is 9.76. The van der Waals surface area contributed by atoms with Gasteiger partial charge in [-0.05, 0) is 31.6 Å². The van der Waals surface area contributed by atoms with Crippen molar-refractivity contribution in [3.8, 4) is 0 Å². The van der Waals surface area contributed by atoms with E-state index in [4.69, 9.17) is 5.73 Å². The molecule has 0 aromatic carbocycles. The summed E-state index contributed by atoms with van der Waals surface area (Å²) in [5.41, 5.74) is 4.10. The summed E-state index contributed by atoms with van der Waals surface area (Å²) < 4.78 is 0. The van der Waals surface area contributed by atoms with Gasteiger partial charge in [-0.1, -0.05) is 33.6 Å². The molecule has 2 atom stereocenters. The van der Waals surface area contributed by atoms with E-state index in [9.17, 15) is 14.7 Å². The van der Waals surface area contributed by atoms with Gasteiger partial charge in [0, 0.05) is 0 Å². The third-order valence-corrected chi connectivity index (χ3v) is 4.45. The molecule has 0 aliphatic heterocycles. The van der Waals surface area contributed by atoms with Crippen molar-refractivity contribution in [2.24, 2.45) is 11.7 Å². The molecule has 5 nitrogen and oxygen atoms in total. The molecule has 0 aromatic rings. The van der Waals surface area contributed by atoms with E-state index in [1.807, 2.05) is 0 Å². The molecule has 1 saturated carbocycles. The smallest absolute Gasteiger partial charge is 0.329 e. The van der Waals surface area contributed by atoms with Gasteiger partial charge in [-0.2, -0.15) is 0 Å². The molecule has 19 heavy (non-hydrogen) atoms. The Kier molecular flexibility index (Phi) is 4.96. The summed E-state index contributed by atoms with van der Waals surface area (Å²) in [5, 5.41) is 12.0. The Hall–Kier alpha value is -1.10. The second-order valence-corrected chi connectivity index (χ2v) is 5.91. The van der Waals surface area contributed by atoms with Crippen molar-refractivity contribution in [2.45, 2.75) is 70.4 Å². The summed E-state index contributed by atoms with van der Waals surface area (Å²) in [4.78, 5) is 23.8. The highest BCUT2D eigenvalue weighted by Gasteiger charge is 2.44. The Labute approximate surface area is 114 Å². The largest absolute Gasteiger partial charge is 0.480 e. The average molecular weight is 270 g/mol. The van der Waals surface area contributed by atoms with Crippen LogP contribution in [0, 0.1) is 5.92 Å². The van der Waals surface area contributed by atoms with Crippen molar-refractivity contribution in [3.05, 3.63) is 0 Å². The van der Waals surface area contributed by atoms with Crippen LogP contribution in [-0.4, -0.2) is 28.1 Å². The SMILES string of the molecule is CCC(CC)(NC(=O)C1(N)CCCC(C)C1)C(=O)O. The molecule has 1 fully saturated rings. The number of carbonyl (C=O) groups excluding carboxylic acids is 1. The van der Waals surface area contributed by atoms with Crippen LogP contribution in [-0.2, 0) is 9.59 Å². The fourth-order valence-electron chi connectivity index (χ4n) is 2.92. The van der Waals surface area contributed by atoms with E-state index in [1.165, 1.54) is 0 Å². The van der Waals surface area contributed by atoms with Gasteiger partial charge in [-0.3, -0.25) is 4.79 Å². The first-order valence-corrected chi connectivity index (χ1v) is 7.14. The first-order chi connectivity index (χ1) is 8.79. The maximum atomic E-state index is 12.4. The van der Waals surface area contributed by atoms with Crippen molar-refractivity contribution >= 4 is 11.9 Å². The molecule has 0 bridgehead atoms. The van der Waals surface area contributed by atoms with E-state index in [1.54, 1.807) is 13.8 Å². The van der Waals surface area contributed by atoms with Crippen LogP contribution in [0.5, 0.6) is 0 Å². The van der Waals surface area contributed by atoms with Crippen LogP contribution >= 0.6 is 0 Å². The summed E-state index contributed by atoms with van der Waals surface area (Å²) in [7, 11) is 0. The normalized spacial score (nSPS) is 27.9. The molecule has 1 aliphatic carbocycles. The van der Waals surface area contributed by atoms with Gasteiger partial charge >= 0.3 is 5.97 Å². The number of hydrogen-bond acceptors (Lipinski definition) is 3. The van der Waals surface area contributed by atoms with Crippen LogP contribution in [0.2, 0.25) is 0 Å². The molecule has 1 rings (SSSR count). The van der Waals surface area contributed by atoms with Gasteiger partial charge < -0.3 is 16.2 Å². The Morgan fingerprint density at radius 2 is 2.00 bits per heavy atom. The lowest BCUT2D eigenvalue weighted by Gasteiger charge is -2.38. The zero-order valence-corrected chi connectivity index (χ0v) is 12.2. The van der Waals surface area contributed by atoms with Crippen molar-refractivity contribution < 1.29 is 14.7 Å². The van der Waals surface area contributed by atoms with Gasteiger partial charge in [-0.25, -0.2) is 4.79 Å². The number of aliphatic carboxylic acids is 1. The van der Waals surface area contributed by atoms with E-state index in [2.05, 4.69) is 12.2 Å². The van der Waals surface area contributed by atoms with Crippen LogP contribution in [0.4, 0.5) is 0 Å². The van der Waals surface area contributed by atoms with E-state index < -0.39 is 17.0 Å². The molecular weight excluding hydrogens is 244 g/mol. The maximum Gasteiger partial charge on any atom is 0.329 e. The first-order valence-electron chi connectivity index (χ1n) is 7.14. The zero-order valence-electron chi connectivity index (χ0n) is 12.2. The minimum absolute atomic E-state index is 0.315. The third kappa shape index (κ3) is 3.26. The van der Waals surface area contributed by atoms with Crippen LogP contribution in [0.3, 0.4) is 0 Å². The van der Waals surface area contributed by atoms with Crippen molar-refractivity contribution in [1.29, 1.82) is 0 Å². The lowest BCUT2D eigenvalue weighted by Crippen LogP contribution is -2.63. The first kappa shape index (κ1) is 16.0. The van der Waals surface area contributed by atoms with Gasteiger partial charge in [0.15, 0.2) is 0 Å². The summed E-state index contributed by atoms with van der Waals surface area (Å²) >= 11 is 0. The summed E-state index contributed by atoms with van der Waals surface area (Å²) in [6.07, 6.45) is 3.97. The molecule has 1 amide bonds. The Bertz CT molecular complexity index is 353. The molecule has 110 valence electrons. The van der Waals surface area contributed by atoms with E-state index in [-0.39, 0.29) is 5.91 Å². The highest BCUT2D eigenvalue weighted by Crippen LogP contribution is 2.31. The van der Waals surface area contributed by atoms with Gasteiger partial charge in [0.25, 0.3) is 0 Å².